The first-order valence-corrected chi connectivity index (χ1v) is 9.92. The Bertz CT molecular complexity index is 1140. The number of thioether (sulfide) groups is 1. The summed E-state index contributed by atoms with van der Waals surface area (Å²) < 4.78 is 6.03. The quantitative estimate of drug-likeness (QED) is 0.512. The van der Waals surface area contributed by atoms with Crippen LogP contribution < -0.4 is 10.1 Å². The number of rotatable bonds is 4. The molecule has 3 aromatic rings. The van der Waals surface area contributed by atoms with E-state index in [0.29, 0.717) is 20.7 Å². The van der Waals surface area contributed by atoms with Crippen LogP contribution in [0, 0.1) is 0 Å². The summed E-state index contributed by atoms with van der Waals surface area (Å²) in [6.45, 7) is 0.239. The molecule has 0 atom stereocenters. The SMILES string of the molecule is O=C1NC(=O)/C(=C\c2c(OCc3ccc(Cl)cc3Cl)ccc3ccccc23)S1. The van der Waals surface area contributed by atoms with E-state index in [1.165, 1.54) is 0 Å². The molecule has 0 unspecified atom stereocenters. The van der Waals surface area contributed by atoms with Gasteiger partial charge in [-0.15, -0.1) is 0 Å². The predicted octanol–water partition coefficient (Wildman–Crippen LogP) is 6.05. The second kappa shape index (κ2) is 7.87. The molecule has 1 aliphatic heterocycles. The molecule has 0 bridgehead atoms. The average Bonchev–Trinajstić information content (AvgIpc) is 2.99. The van der Waals surface area contributed by atoms with E-state index in [4.69, 9.17) is 27.9 Å². The van der Waals surface area contributed by atoms with Gasteiger partial charge in [0.2, 0.25) is 0 Å². The highest BCUT2D eigenvalue weighted by molar-refractivity contribution is 8.18. The Hall–Kier alpha value is -2.47. The van der Waals surface area contributed by atoms with Gasteiger partial charge < -0.3 is 4.74 Å². The van der Waals surface area contributed by atoms with E-state index in [2.05, 4.69) is 5.32 Å². The van der Waals surface area contributed by atoms with Gasteiger partial charge in [-0.3, -0.25) is 14.9 Å². The minimum atomic E-state index is -0.408. The van der Waals surface area contributed by atoms with Gasteiger partial charge in [0.1, 0.15) is 12.4 Å². The van der Waals surface area contributed by atoms with Crippen molar-refractivity contribution >= 4 is 63.0 Å². The highest BCUT2D eigenvalue weighted by atomic mass is 35.5. The minimum Gasteiger partial charge on any atom is -0.488 e. The van der Waals surface area contributed by atoms with Gasteiger partial charge in [0.25, 0.3) is 11.1 Å². The zero-order chi connectivity index (χ0) is 19.7. The van der Waals surface area contributed by atoms with E-state index >= 15 is 0 Å². The predicted molar refractivity (Wildman–Crippen MR) is 114 cm³/mol. The number of hydrogen-bond acceptors (Lipinski definition) is 4. The number of hydrogen-bond donors (Lipinski definition) is 1. The highest BCUT2D eigenvalue weighted by Crippen LogP contribution is 2.34. The number of carbonyl (C=O) groups is 2. The average molecular weight is 430 g/mol. The van der Waals surface area contributed by atoms with Gasteiger partial charge in [-0.05, 0) is 46.8 Å². The van der Waals surface area contributed by atoms with Gasteiger partial charge in [0, 0.05) is 21.2 Å². The molecule has 0 aliphatic carbocycles. The number of imide groups is 1. The number of halogens is 2. The molecule has 28 heavy (non-hydrogen) atoms. The molecule has 4 rings (SSSR count). The summed E-state index contributed by atoms with van der Waals surface area (Å²) in [6.07, 6.45) is 1.69. The molecule has 1 fully saturated rings. The molecule has 3 aromatic carbocycles. The van der Waals surface area contributed by atoms with Gasteiger partial charge in [-0.25, -0.2) is 0 Å². The topological polar surface area (TPSA) is 55.4 Å². The molecule has 4 nitrogen and oxygen atoms in total. The third kappa shape index (κ3) is 3.87. The lowest BCUT2D eigenvalue weighted by Crippen LogP contribution is -2.17. The maximum Gasteiger partial charge on any atom is 0.290 e. The second-order valence-corrected chi connectivity index (χ2v) is 7.93. The Morgan fingerprint density at radius 3 is 2.61 bits per heavy atom. The largest absolute Gasteiger partial charge is 0.488 e. The van der Waals surface area contributed by atoms with Gasteiger partial charge in [-0.2, -0.15) is 0 Å². The van der Waals surface area contributed by atoms with Crippen LogP contribution >= 0.6 is 35.0 Å². The van der Waals surface area contributed by atoms with Crippen molar-refractivity contribution in [3.05, 3.63) is 80.7 Å². The lowest BCUT2D eigenvalue weighted by atomic mass is 10.0. The van der Waals surface area contributed by atoms with Crippen molar-refractivity contribution in [1.29, 1.82) is 0 Å². The van der Waals surface area contributed by atoms with E-state index in [-0.39, 0.29) is 11.8 Å². The Kier molecular flexibility index (Phi) is 5.31. The lowest BCUT2D eigenvalue weighted by molar-refractivity contribution is -0.115. The molecule has 140 valence electrons. The molecule has 0 spiro atoms. The summed E-state index contributed by atoms with van der Waals surface area (Å²) in [5.74, 6) is 0.180. The van der Waals surface area contributed by atoms with Crippen LogP contribution in [0.4, 0.5) is 4.79 Å². The van der Waals surface area contributed by atoms with Crippen molar-refractivity contribution in [2.75, 3.05) is 0 Å². The molecule has 0 aromatic heterocycles. The Labute approximate surface area is 175 Å². The third-order valence-corrected chi connectivity index (χ3v) is 5.64. The fraction of sp³-hybridized carbons (Fsp3) is 0.0476. The molecular formula is C21H13Cl2NO3S. The van der Waals surface area contributed by atoms with E-state index in [1.807, 2.05) is 42.5 Å². The van der Waals surface area contributed by atoms with E-state index in [0.717, 1.165) is 33.7 Å². The van der Waals surface area contributed by atoms with Crippen LogP contribution in [0.25, 0.3) is 16.8 Å². The first kappa shape index (κ1) is 18.9. The van der Waals surface area contributed by atoms with Gasteiger partial charge in [-0.1, -0.05) is 59.6 Å². The summed E-state index contributed by atoms with van der Waals surface area (Å²) in [5, 5.41) is 4.88. The molecule has 2 amide bonds. The maximum absolute atomic E-state index is 12.0. The second-order valence-electron chi connectivity index (χ2n) is 6.08. The molecule has 1 aliphatic rings. The normalized spacial score (nSPS) is 15.3. The van der Waals surface area contributed by atoms with Gasteiger partial charge in [0.05, 0.1) is 4.91 Å². The summed E-state index contributed by atoms with van der Waals surface area (Å²) in [5.41, 5.74) is 1.52. The van der Waals surface area contributed by atoms with Crippen molar-refractivity contribution in [1.82, 2.24) is 5.32 Å². The standard InChI is InChI=1S/C21H13Cl2NO3S/c22-14-7-5-13(17(23)9-14)11-27-18-8-6-12-3-1-2-4-15(12)16(18)10-19-20(25)24-21(26)28-19/h1-10H,11H2,(H,24,25,26)/b19-10+. The zero-order valence-electron chi connectivity index (χ0n) is 14.4. The lowest BCUT2D eigenvalue weighted by Gasteiger charge is -2.13. The molecule has 1 N–H and O–H groups in total. The number of amides is 2. The van der Waals surface area contributed by atoms with Crippen LogP contribution in [0.1, 0.15) is 11.1 Å². The number of ether oxygens (including phenoxy) is 1. The van der Waals surface area contributed by atoms with Crippen LogP contribution in [0.5, 0.6) is 5.75 Å². The molecule has 0 saturated carbocycles. The molecule has 0 radical (unpaired) electrons. The van der Waals surface area contributed by atoms with Gasteiger partial charge >= 0.3 is 0 Å². The van der Waals surface area contributed by atoms with Crippen molar-refractivity contribution in [3.8, 4) is 5.75 Å². The van der Waals surface area contributed by atoms with Crippen molar-refractivity contribution in [2.45, 2.75) is 6.61 Å². The molecular weight excluding hydrogens is 417 g/mol. The van der Waals surface area contributed by atoms with Crippen molar-refractivity contribution < 1.29 is 14.3 Å². The summed E-state index contributed by atoms with van der Waals surface area (Å²) in [7, 11) is 0. The molecule has 1 heterocycles. The van der Waals surface area contributed by atoms with Crippen LogP contribution in [0.15, 0.2) is 59.5 Å². The number of benzene rings is 3. The van der Waals surface area contributed by atoms with Crippen molar-refractivity contribution in [2.24, 2.45) is 0 Å². The first-order valence-electron chi connectivity index (χ1n) is 8.34. The number of nitrogens with one attached hydrogen (secondary N) is 1. The first-order chi connectivity index (χ1) is 13.5. The highest BCUT2D eigenvalue weighted by Gasteiger charge is 2.25. The molecule has 7 heteroatoms. The van der Waals surface area contributed by atoms with E-state index in [9.17, 15) is 9.59 Å². The minimum absolute atomic E-state index is 0.239. The fourth-order valence-corrected chi connectivity index (χ4v) is 4.02. The van der Waals surface area contributed by atoms with Gasteiger partial charge in [0.15, 0.2) is 0 Å². The van der Waals surface area contributed by atoms with Crippen LogP contribution in [0.2, 0.25) is 10.0 Å². The summed E-state index contributed by atoms with van der Waals surface area (Å²) in [6, 6.07) is 16.8. The smallest absolute Gasteiger partial charge is 0.290 e. The van der Waals surface area contributed by atoms with E-state index in [1.54, 1.807) is 18.2 Å². The summed E-state index contributed by atoms with van der Waals surface area (Å²) in [4.78, 5) is 23.8. The monoisotopic (exact) mass is 429 g/mol. The Morgan fingerprint density at radius 2 is 1.86 bits per heavy atom. The molecule has 1 saturated heterocycles. The van der Waals surface area contributed by atoms with Crippen LogP contribution in [-0.4, -0.2) is 11.1 Å². The van der Waals surface area contributed by atoms with Crippen LogP contribution in [-0.2, 0) is 11.4 Å². The van der Waals surface area contributed by atoms with E-state index < -0.39 is 5.91 Å². The number of fused-ring (bicyclic) bond motifs is 1. The summed E-state index contributed by atoms with van der Waals surface area (Å²) >= 11 is 13.1. The van der Waals surface area contributed by atoms with Crippen LogP contribution in [0.3, 0.4) is 0 Å². The number of carbonyl (C=O) groups excluding carboxylic acids is 2. The maximum atomic E-state index is 12.0. The zero-order valence-corrected chi connectivity index (χ0v) is 16.7. The van der Waals surface area contributed by atoms with Crippen molar-refractivity contribution in [3.63, 3.8) is 0 Å². The Morgan fingerprint density at radius 1 is 1.04 bits per heavy atom. The fourth-order valence-electron chi connectivity index (χ4n) is 2.90. The Balaban J connectivity index is 1.74. The third-order valence-electron chi connectivity index (χ3n) is 4.25.